The van der Waals surface area contributed by atoms with Crippen LogP contribution in [0.5, 0.6) is 5.75 Å². The van der Waals surface area contributed by atoms with Crippen molar-refractivity contribution in [2.24, 2.45) is 0 Å². The standard InChI is InChI=1S/C23H21BrN2O4/c24-18-10-6-16(7-11-18)21(30-20-12-8-17(9-13-20)22(27)28)14-15-25-23(29)26-19-4-2-1-3-5-19/h1-13,21H,14-15H2,(H,27,28)(H2,25,26,29). The summed E-state index contributed by atoms with van der Waals surface area (Å²) in [7, 11) is 0. The summed E-state index contributed by atoms with van der Waals surface area (Å²) in [5.74, 6) is -0.429. The van der Waals surface area contributed by atoms with Crippen LogP contribution < -0.4 is 15.4 Å². The Labute approximate surface area is 183 Å². The van der Waals surface area contributed by atoms with Gasteiger partial charge in [-0.15, -0.1) is 0 Å². The second-order valence-electron chi connectivity index (χ2n) is 6.52. The summed E-state index contributed by atoms with van der Waals surface area (Å²) in [6, 6.07) is 22.9. The van der Waals surface area contributed by atoms with Gasteiger partial charge in [-0.2, -0.15) is 0 Å². The third-order valence-electron chi connectivity index (χ3n) is 4.35. The molecule has 2 amide bonds. The van der Waals surface area contributed by atoms with Crippen LogP contribution >= 0.6 is 15.9 Å². The number of halogens is 1. The zero-order valence-corrected chi connectivity index (χ0v) is 17.6. The molecule has 0 aliphatic carbocycles. The third-order valence-corrected chi connectivity index (χ3v) is 4.87. The molecule has 3 rings (SSSR count). The van der Waals surface area contributed by atoms with Crippen LogP contribution in [0.4, 0.5) is 10.5 Å². The number of amides is 2. The van der Waals surface area contributed by atoms with Gasteiger partial charge in [0.1, 0.15) is 11.9 Å². The monoisotopic (exact) mass is 468 g/mol. The van der Waals surface area contributed by atoms with Gasteiger partial charge in [0.25, 0.3) is 0 Å². The van der Waals surface area contributed by atoms with E-state index in [0.717, 1.165) is 10.0 Å². The average Bonchev–Trinajstić information content (AvgIpc) is 2.75. The first kappa shape index (κ1) is 21.4. The molecule has 0 saturated heterocycles. The number of carboxylic acids is 1. The average molecular weight is 469 g/mol. The van der Waals surface area contributed by atoms with Gasteiger partial charge in [0.2, 0.25) is 0 Å². The second-order valence-corrected chi connectivity index (χ2v) is 7.44. The molecule has 0 aliphatic heterocycles. The van der Waals surface area contributed by atoms with Crippen molar-refractivity contribution in [1.29, 1.82) is 0 Å². The maximum Gasteiger partial charge on any atom is 0.335 e. The normalized spacial score (nSPS) is 11.4. The molecule has 1 unspecified atom stereocenters. The molecule has 30 heavy (non-hydrogen) atoms. The van der Waals surface area contributed by atoms with Crippen LogP contribution in [0.1, 0.15) is 28.4 Å². The smallest absolute Gasteiger partial charge is 0.335 e. The number of nitrogens with one attached hydrogen (secondary N) is 2. The molecule has 154 valence electrons. The highest BCUT2D eigenvalue weighted by molar-refractivity contribution is 9.10. The van der Waals surface area contributed by atoms with E-state index in [1.807, 2.05) is 54.6 Å². The molecule has 6 nitrogen and oxygen atoms in total. The van der Waals surface area contributed by atoms with E-state index in [-0.39, 0.29) is 17.7 Å². The van der Waals surface area contributed by atoms with Gasteiger partial charge in [-0.05, 0) is 54.1 Å². The first-order valence-electron chi connectivity index (χ1n) is 9.36. The van der Waals surface area contributed by atoms with E-state index in [1.54, 1.807) is 12.1 Å². The number of carbonyl (C=O) groups excluding carboxylic acids is 1. The third kappa shape index (κ3) is 6.35. The zero-order valence-electron chi connectivity index (χ0n) is 16.0. The Kier molecular flexibility index (Phi) is 7.45. The highest BCUT2D eigenvalue weighted by atomic mass is 79.9. The largest absolute Gasteiger partial charge is 0.486 e. The van der Waals surface area contributed by atoms with Crippen LogP contribution in [0.2, 0.25) is 0 Å². The second kappa shape index (κ2) is 10.5. The minimum absolute atomic E-state index is 0.196. The molecule has 0 heterocycles. The van der Waals surface area contributed by atoms with Gasteiger partial charge >= 0.3 is 12.0 Å². The summed E-state index contributed by atoms with van der Waals surface area (Å²) in [6.07, 6.45) is 0.218. The van der Waals surface area contributed by atoms with E-state index in [1.165, 1.54) is 12.1 Å². The SMILES string of the molecule is O=C(NCCC(Oc1ccc(C(=O)O)cc1)c1ccc(Br)cc1)Nc1ccccc1. The van der Waals surface area contributed by atoms with Gasteiger partial charge in [0.05, 0.1) is 5.56 Å². The maximum absolute atomic E-state index is 12.1. The highest BCUT2D eigenvalue weighted by Gasteiger charge is 2.15. The first-order valence-corrected chi connectivity index (χ1v) is 10.2. The Balaban J connectivity index is 1.63. The maximum atomic E-state index is 12.1. The number of carbonyl (C=O) groups is 2. The number of ether oxygens (including phenoxy) is 1. The van der Waals surface area contributed by atoms with Gasteiger partial charge in [-0.1, -0.05) is 46.3 Å². The van der Waals surface area contributed by atoms with Crippen molar-refractivity contribution in [3.05, 3.63) is 94.5 Å². The number of hydrogen-bond acceptors (Lipinski definition) is 3. The van der Waals surface area contributed by atoms with E-state index in [4.69, 9.17) is 9.84 Å². The van der Waals surface area contributed by atoms with Crippen molar-refractivity contribution in [2.75, 3.05) is 11.9 Å². The summed E-state index contributed by atoms with van der Waals surface area (Å²) >= 11 is 3.42. The molecular formula is C23H21BrN2O4. The van der Waals surface area contributed by atoms with E-state index >= 15 is 0 Å². The molecule has 0 aromatic heterocycles. The predicted octanol–water partition coefficient (Wildman–Crippen LogP) is 5.48. The molecule has 0 spiro atoms. The van der Waals surface area contributed by atoms with E-state index in [9.17, 15) is 9.59 Å². The fourth-order valence-corrected chi connectivity index (χ4v) is 3.09. The number of anilines is 1. The molecule has 0 aliphatic rings. The molecule has 3 N–H and O–H groups in total. The molecule has 0 bridgehead atoms. The summed E-state index contributed by atoms with van der Waals surface area (Å²) < 4.78 is 7.05. The summed E-state index contributed by atoms with van der Waals surface area (Å²) in [5.41, 5.74) is 1.86. The minimum atomic E-state index is -0.986. The number of hydrogen-bond donors (Lipinski definition) is 3. The van der Waals surface area contributed by atoms with E-state index in [0.29, 0.717) is 24.4 Å². The quantitative estimate of drug-likeness (QED) is 0.408. The Hall–Kier alpha value is -3.32. The number of carboxylic acid groups (broad SMARTS) is 1. The Morgan fingerprint density at radius 3 is 2.23 bits per heavy atom. The molecule has 3 aromatic rings. The first-order chi connectivity index (χ1) is 14.5. The number of aromatic carboxylic acids is 1. The van der Waals surface area contributed by atoms with Gasteiger partial charge < -0.3 is 20.5 Å². The van der Waals surface area contributed by atoms with Crippen LogP contribution in [0.3, 0.4) is 0 Å². The summed E-state index contributed by atoms with van der Waals surface area (Å²) in [6.45, 7) is 0.395. The zero-order chi connectivity index (χ0) is 21.3. The van der Waals surface area contributed by atoms with Crippen LogP contribution in [-0.4, -0.2) is 23.7 Å². The summed E-state index contributed by atoms with van der Waals surface area (Å²) in [4.78, 5) is 23.1. The molecule has 0 radical (unpaired) electrons. The Morgan fingerprint density at radius 2 is 1.60 bits per heavy atom. The number of benzene rings is 3. The van der Waals surface area contributed by atoms with Gasteiger partial charge in [-0.3, -0.25) is 0 Å². The van der Waals surface area contributed by atoms with Crippen molar-refractivity contribution >= 4 is 33.6 Å². The molecular weight excluding hydrogens is 448 g/mol. The lowest BCUT2D eigenvalue weighted by molar-refractivity contribution is 0.0697. The Morgan fingerprint density at radius 1 is 0.933 bits per heavy atom. The Bertz CT molecular complexity index is 976. The van der Waals surface area contributed by atoms with Crippen LogP contribution in [-0.2, 0) is 0 Å². The summed E-state index contributed by atoms with van der Waals surface area (Å²) in [5, 5.41) is 14.7. The van der Waals surface area contributed by atoms with Crippen molar-refractivity contribution in [1.82, 2.24) is 5.32 Å². The highest BCUT2D eigenvalue weighted by Crippen LogP contribution is 2.26. The molecule has 0 saturated carbocycles. The number of rotatable bonds is 8. The topological polar surface area (TPSA) is 87.7 Å². The number of urea groups is 1. The van der Waals surface area contributed by atoms with Crippen molar-refractivity contribution in [3.8, 4) is 5.75 Å². The van der Waals surface area contributed by atoms with Crippen LogP contribution in [0, 0.1) is 0 Å². The van der Waals surface area contributed by atoms with Crippen molar-refractivity contribution in [2.45, 2.75) is 12.5 Å². The van der Waals surface area contributed by atoms with E-state index < -0.39 is 5.97 Å². The predicted molar refractivity (Wildman–Crippen MR) is 119 cm³/mol. The lowest BCUT2D eigenvalue weighted by Gasteiger charge is -2.20. The van der Waals surface area contributed by atoms with Crippen LogP contribution in [0.25, 0.3) is 0 Å². The fourth-order valence-electron chi connectivity index (χ4n) is 2.82. The van der Waals surface area contributed by atoms with E-state index in [2.05, 4.69) is 26.6 Å². The molecule has 3 aromatic carbocycles. The van der Waals surface area contributed by atoms with Gasteiger partial charge in [0, 0.05) is 23.1 Å². The lowest BCUT2D eigenvalue weighted by Crippen LogP contribution is -2.30. The van der Waals surface area contributed by atoms with Crippen molar-refractivity contribution in [3.63, 3.8) is 0 Å². The van der Waals surface area contributed by atoms with Crippen molar-refractivity contribution < 1.29 is 19.4 Å². The lowest BCUT2D eigenvalue weighted by atomic mass is 10.1. The van der Waals surface area contributed by atoms with Crippen LogP contribution in [0.15, 0.2) is 83.3 Å². The number of para-hydroxylation sites is 1. The minimum Gasteiger partial charge on any atom is -0.486 e. The molecule has 0 fully saturated rings. The molecule has 7 heteroatoms. The van der Waals surface area contributed by atoms with Gasteiger partial charge in [0.15, 0.2) is 0 Å². The fraction of sp³-hybridized carbons (Fsp3) is 0.130. The molecule has 1 atom stereocenters. The van der Waals surface area contributed by atoms with Gasteiger partial charge in [-0.25, -0.2) is 9.59 Å².